The molecule has 1 aromatic carbocycles. The summed E-state index contributed by atoms with van der Waals surface area (Å²) in [4.78, 5) is 14.9. The number of ether oxygens (including phenoxy) is 1. The second-order valence-corrected chi connectivity index (χ2v) is 5.34. The first-order valence-corrected chi connectivity index (χ1v) is 7.42. The minimum absolute atomic E-state index is 0.0675. The Hall–Kier alpha value is -1.10. The number of hydrogen-bond acceptors (Lipinski definition) is 4. The summed E-state index contributed by atoms with van der Waals surface area (Å²) in [6.45, 7) is 8.00. The zero-order valence-electron chi connectivity index (χ0n) is 12.0. The number of carbonyl (C=O) groups excluding carboxylic acids is 1. The molecule has 0 radical (unpaired) electrons. The van der Waals surface area contributed by atoms with Gasteiger partial charge in [0, 0.05) is 31.2 Å². The van der Waals surface area contributed by atoms with E-state index in [0.29, 0.717) is 22.9 Å². The van der Waals surface area contributed by atoms with Crippen molar-refractivity contribution in [1.29, 1.82) is 0 Å². The normalized spacial score (nSPS) is 17.8. The Morgan fingerprint density at radius 1 is 1.45 bits per heavy atom. The third-order valence-electron chi connectivity index (χ3n) is 3.59. The number of benzene rings is 1. The van der Waals surface area contributed by atoms with Crippen LogP contribution in [0.3, 0.4) is 0 Å². The van der Waals surface area contributed by atoms with Gasteiger partial charge in [-0.15, -0.1) is 0 Å². The average molecular weight is 297 g/mol. The van der Waals surface area contributed by atoms with Crippen LogP contribution in [0.4, 0.5) is 0 Å². The van der Waals surface area contributed by atoms with Gasteiger partial charge in [0.15, 0.2) is 5.78 Å². The summed E-state index contributed by atoms with van der Waals surface area (Å²) in [5.74, 6) is 0.682. The van der Waals surface area contributed by atoms with E-state index in [-0.39, 0.29) is 11.8 Å². The van der Waals surface area contributed by atoms with E-state index in [9.17, 15) is 4.79 Å². The molecule has 1 heterocycles. The Kier molecular flexibility index (Phi) is 5.40. The Morgan fingerprint density at radius 2 is 2.15 bits per heavy atom. The summed E-state index contributed by atoms with van der Waals surface area (Å²) in [7, 11) is 0. The Balaban J connectivity index is 2.20. The van der Waals surface area contributed by atoms with Gasteiger partial charge in [-0.2, -0.15) is 0 Å². The molecule has 1 aliphatic rings. The van der Waals surface area contributed by atoms with Crippen LogP contribution in [-0.4, -0.2) is 49.5 Å². The van der Waals surface area contributed by atoms with Crippen molar-refractivity contribution in [2.24, 2.45) is 0 Å². The van der Waals surface area contributed by atoms with Gasteiger partial charge in [0.25, 0.3) is 0 Å². The van der Waals surface area contributed by atoms with Gasteiger partial charge in [0.1, 0.15) is 5.75 Å². The molecule has 4 nitrogen and oxygen atoms in total. The zero-order chi connectivity index (χ0) is 14.5. The molecule has 1 saturated heterocycles. The highest BCUT2D eigenvalue weighted by Gasteiger charge is 2.26. The highest BCUT2D eigenvalue weighted by molar-refractivity contribution is 6.31. The Bertz CT molecular complexity index is 473. The summed E-state index contributed by atoms with van der Waals surface area (Å²) in [5, 5.41) is 3.85. The molecule has 1 unspecified atom stereocenters. The third kappa shape index (κ3) is 3.51. The van der Waals surface area contributed by atoms with E-state index in [1.54, 1.807) is 18.2 Å². The lowest BCUT2D eigenvalue weighted by atomic mass is 10.0. The van der Waals surface area contributed by atoms with E-state index in [0.717, 1.165) is 26.2 Å². The number of carbonyl (C=O) groups is 1. The summed E-state index contributed by atoms with van der Waals surface area (Å²) in [6.07, 6.45) is 0. The minimum atomic E-state index is -0.158. The van der Waals surface area contributed by atoms with Crippen LogP contribution in [0, 0.1) is 0 Å². The van der Waals surface area contributed by atoms with Gasteiger partial charge in [-0.25, -0.2) is 0 Å². The number of nitrogens with one attached hydrogen (secondary N) is 1. The maximum atomic E-state index is 12.7. The number of piperazine rings is 1. The Morgan fingerprint density at radius 3 is 2.80 bits per heavy atom. The second-order valence-electron chi connectivity index (χ2n) is 4.90. The molecule has 110 valence electrons. The van der Waals surface area contributed by atoms with Crippen molar-refractivity contribution in [2.45, 2.75) is 19.9 Å². The van der Waals surface area contributed by atoms with Gasteiger partial charge in [-0.1, -0.05) is 11.6 Å². The highest BCUT2D eigenvalue weighted by atomic mass is 35.5. The molecule has 1 atom stereocenters. The van der Waals surface area contributed by atoms with Crippen LogP contribution in [0.25, 0.3) is 0 Å². The number of ketones is 1. The highest BCUT2D eigenvalue weighted by Crippen LogP contribution is 2.25. The number of Topliss-reactive ketones (excluding diaryl/α,β-unsaturated/α-hetero) is 1. The summed E-state index contributed by atoms with van der Waals surface area (Å²) in [6, 6.07) is 5.06. The third-order valence-corrected chi connectivity index (χ3v) is 3.82. The lowest BCUT2D eigenvalue weighted by molar-refractivity contribution is 0.0816. The first kappa shape index (κ1) is 15.3. The monoisotopic (exact) mass is 296 g/mol. The molecule has 1 aromatic rings. The van der Waals surface area contributed by atoms with Crippen LogP contribution in [-0.2, 0) is 0 Å². The molecule has 20 heavy (non-hydrogen) atoms. The van der Waals surface area contributed by atoms with Crippen LogP contribution in [0.5, 0.6) is 5.75 Å². The molecule has 0 amide bonds. The SMILES string of the molecule is CCOc1ccc(Cl)cc1C(=O)C(C)N1CCNCC1. The van der Waals surface area contributed by atoms with Gasteiger partial charge in [-0.05, 0) is 32.0 Å². The Labute approximate surface area is 125 Å². The van der Waals surface area contributed by atoms with E-state index < -0.39 is 0 Å². The van der Waals surface area contributed by atoms with E-state index in [2.05, 4.69) is 10.2 Å². The molecule has 1 fully saturated rings. The first-order chi connectivity index (χ1) is 9.63. The molecule has 0 spiro atoms. The quantitative estimate of drug-likeness (QED) is 0.846. The molecule has 0 aliphatic carbocycles. The molecule has 5 heteroatoms. The molecule has 1 N–H and O–H groups in total. The van der Waals surface area contributed by atoms with Gasteiger partial charge < -0.3 is 10.1 Å². The summed E-state index contributed by atoms with van der Waals surface area (Å²) in [5.41, 5.74) is 0.574. The van der Waals surface area contributed by atoms with Crippen molar-refractivity contribution in [3.63, 3.8) is 0 Å². The fourth-order valence-corrected chi connectivity index (χ4v) is 2.61. The van der Waals surface area contributed by atoms with E-state index >= 15 is 0 Å². The second kappa shape index (κ2) is 7.07. The predicted molar refractivity (Wildman–Crippen MR) is 80.9 cm³/mol. The zero-order valence-corrected chi connectivity index (χ0v) is 12.7. The minimum Gasteiger partial charge on any atom is -0.493 e. The number of rotatable bonds is 5. The lowest BCUT2D eigenvalue weighted by Crippen LogP contribution is -2.50. The van der Waals surface area contributed by atoms with Gasteiger partial charge in [0.05, 0.1) is 18.2 Å². The van der Waals surface area contributed by atoms with Crippen LogP contribution >= 0.6 is 11.6 Å². The van der Waals surface area contributed by atoms with Crippen molar-refractivity contribution in [1.82, 2.24) is 10.2 Å². The van der Waals surface area contributed by atoms with Crippen LogP contribution in [0.15, 0.2) is 18.2 Å². The number of hydrogen-bond donors (Lipinski definition) is 1. The molecular formula is C15H21ClN2O2. The molecule has 1 aliphatic heterocycles. The molecular weight excluding hydrogens is 276 g/mol. The topological polar surface area (TPSA) is 41.6 Å². The molecule has 2 rings (SSSR count). The van der Waals surface area contributed by atoms with Crippen molar-refractivity contribution in [2.75, 3.05) is 32.8 Å². The van der Waals surface area contributed by atoms with E-state index in [1.807, 2.05) is 13.8 Å². The predicted octanol–water partition coefficient (Wildman–Crippen LogP) is 2.22. The number of halogens is 1. The van der Waals surface area contributed by atoms with Crippen molar-refractivity contribution < 1.29 is 9.53 Å². The smallest absolute Gasteiger partial charge is 0.183 e. The summed E-state index contributed by atoms with van der Waals surface area (Å²) < 4.78 is 5.54. The lowest BCUT2D eigenvalue weighted by Gasteiger charge is -2.32. The van der Waals surface area contributed by atoms with Crippen molar-refractivity contribution in [3.05, 3.63) is 28.8 Å². The van der Waals surface area contributed by atoms with Crippen LogP contribution in [0.2, 0.25) is 5.02 Å². The maximum absolute atomic E-state index is 12.7. The van der Waals surface area contributed by atoms with Crippen LogP contribution < -0.4 is 10.1 Å². The molecule has 0 saturated carbocycles. The van der Waals surface area contributed by atoms with E-state index in [1.165, 1.54) is 0 Å². The van der Waals surface area contributed by atoms with Gasteiger partial charge in [0.2, 0.25) is 0 Å². The van der Waals surface area contributed by atoms with Crippen molar-refractivity contribution in [3.8, 4) is 5.75 Å². The van der Waals surface area contributed by atoms with E-state index in [4.69, 9.17) is 16.3 Å². The standard InChI is InChI=1S/C15H21ClN2O2/c1-3-20-14-5-4-12(16)10-13(14)15(19)11(2)18-8-6-17-7-9-18/h4-5,10-11,17H,3,6-9H2,1-2H3. The average Bonchev–Trinajstić information content (AvgIpc) is 2.48. The number of nitrogens with zero attached hydrogens (tertiary/aromatic N) is 1. The summed E-state index contributed by atoms with van der Waals surface area (Å²) >= 11 is 6.02. The van der Waals surface area contributed by atoms with Crippen LogP contribution in [0.1, 0.15) is 24.2 Å². The fourth-order valence-electron chi connectivity index (χ4n) is 2.44. The largest absolute Gasteiger partial charge is 0.493 e. The first-order valence-electron chi connectivity index (χ1n) is 7.04. The fraction of sp³-hybridized carbons (Fsp3) is 0.533. The molecule has 0 bridgehead atoms. The van der Waals surface area contributed by atoms with Gasteiger partial charge in [-0.3, -0.25) is 9.69 Å². The van der Waals surface area contributed by atoms with Gasteiger partial charge >= 0.3 is 0 Å². The molecule has 0 aromatic heterocycles. The maximum Gasteiger partial charge on any atom is 0.183 e. The van der Waals surface area contributed by atoms with Crippen molar-refractivity contribution >= 4 is 17.4 Å².